The molecule has 0 bridgehead atoms. The first-order valence-corrected chi connectivity index (χ1v) is 8.56. The second kappa shape index (κ2) is 7.88. The van der Waals surface area contributed by atoms with E-state index in [1.54, 1.807) is 36.4 Å². The van der Waals surface area contributed by atoms with Crippen LogP contribution in [-0.2, 0) is 6.54 Å². The summed E-state index contributed by atoms with van der Waals surface area (Å²) < 4.78 is 20.7. The number of para-hydroxylation sites is 1. The zero-order valence-electron chi connectivity index (χ0n) is 15.2. The van der Waals surface area contributed by atoms with Gasteiger partial charge in [0.05, 0.1) is 5.56 Å². The van der Waals surface area contributed by atoms with Gasteiger partial charge in [-0.05, 0) is 49.7 Å². The molecule has 0 aliphatic heterocycles. The summed E-state index contributed by atoms with van der Waals surface area (Å²) in [6.07, 6.45) is 0. The zero-order chi connectivity index (χ0) is 19.4. The summed E-state index contributed by atoms with van der Waals surface area (Å²) in [5.41, 5.74) is 3.71. The Bertz CT molecular complexity index is 1010. The van der Waals surface area contributed by atoms with Crippen LogP contribution in [0, 0.1) is 31.0 Å². The van der Waals surface area contributed by atoms with Crippen LogP contribution in [0.4, 0.5) is 4.39 Å². The molecule has 0 radical (unpaired) electrons. The van der Waals surface area contributed by atoms with Crippen LogP contribution in [0.3, 0.4) is 0 Å². The van der Waals surface area contributed by atoms with Gasteiger partial charge in [0.2, 0.25) is 5.78 Å². The van der Waals surface area contributed by atoms with Crippen molar-refractivity contribution in [3.05, 3.63) is 88.5 Å². The predicted molar refractivity (Wildman–Crippen MR) is 100 cm³/mol. The molecule has 0 spiro atoms. The predicted octanol–water partition coefficient (Wildman–Crippen LogP) is 4.43. The van der Waals surface area contributed by atoms with Crippen molar-refractivity contribution in [2.45, 2.75) is 20.4 Å². The number of Topliss-reactive ketones (excluding diaryl/α,β-unsaturated/α-hetero) is 1. The third kappa shape index (κ3) is 4.06. The lowest BCUT2D eigenvalue weighted by molar-refractivity contribution is 0.0920. The van der Waals surface area contributed by atoms with E-state index in [0.717, 1.165) is 17.0 Å². The number of benzene rings is 2. The molecular formula is C22H19FN2O2. The van der Waals surface area contributed by atoms with Gasteiger partial charge in [-0.3, -0.25) is 4.79 Å². The van der Waals surface area contributed by atoms with Crippen LogP contribution in [-0.4, -0.2) is 17.0 Å². The highest BCUT2D eigenvalue weighted by molar-refractivity contribution is 5.98. The molecule has 27 heavy (non-hydrogen) atoms. The summed E-state index contributed by atoms with van der Waals surface area (Å²) in [6, 6.07) is 17.0. The SMILES string of the molecule is Cc1cc(C(=O)COc2ccccc2C#N)c(C)n1Cc1ccc(F)cc1. The molecule has 0 fully saturated rings. The first-order valence-electron chi connectivity index (χ1n) is 8.56. The van der Waals surface area contributed by atoms with Gasteiger partial charge in [-0.2, -0.15) is 5.26 Å². The number of hydrogen-bond donors (Lipinski definition) is 0. The largest absolute Gasteiger partial charge is 0.484 e. The van der Waals surface area contributed by atoms with Gasteiger partial charge in [0, 0.05) is 23.5 Å². The van der Waals surface area contributed by atoms with E-state index >= 15 is 0 Å². The van der Waals surface area contributed by atoms with Crippen LogP contribution in [0.1, 0.15) is 32.9 Å². The van der Waals surface area contributed by atoms with Crippen molar-refractivity contribution in [3.63, 3.8) is 0 Å². The number of halogens is 1. The van der Waals surface area contributed by atoms with Crippen LogP contribution >= 0.6 is 0 Å². The molecular weight excluding hydrogens is 343 g/mol. The molecule has 0 N–H and O–H groups in total. The van der Waals surface area contributed by atoms with Gasteiger partial charge in [-0.15, -0.1) is 0 Å². The molecule has 4 nitrogen and oxygen atoms in total. The molecule has 5 heteroatoms. The van der Waals surface area contributed by atoms with E-state index in [1.165, 1.54) is 12.1 Å². The minimum Gasteiger partial charge on any atom is -0.484 e. The highest BCUT2D eigenvalue weighted by Crippen LogP contribution is 2.20. The fraction of sp³-hybridized carbons (Fsp3) is 0.182. The normalized spacial score (nSPS) is 10.4. The average molecular weight is 362 g/mol. The molecule has 136 valence electrons. The summed E-state index contributed by atoms with van der Waals surface area (Å²) in [4.78, 5) is 12.6. The third-order valence-electron chi connectivity index (χ3n) is 4.49. The van der Waals surface area contributed by atoms with Crippen molar-refractivity contribution in [3.8, 4) is 11.8 Å². The van der Waals surface area contributed by atoms with Crippen molar-refractivity contribution in [2.75, 3.05) is 6.61 Å². The molecule has 0 unspecified atom stereocenters. The maximum absolute atomic E-state index is 13.1. The van der Waals surface area contributed by atoms with Crippen LogP contribution in [0.5, 0.6) is 5.75 Å². The van der Waals surface area contributed by atoms with E-state index in [4.69, 9.17) is 10.00 Å². The van der Waals surface area contributed by atoms with Crippen molar-refractivity contribution in [1.29, 1.82) is 5.26 Å². The summed E-state index contributed by atoms with van der Waals surface area (Å²) in [7, 11) is 0. The molecule has 0 amide bonds. The van der Waals surface area contributed by atoms with Crippen LogP contribution < -0.4 is 4.74 Å². The lowest BCUT2D eigenvalue weighted by atomic mass is 10.1. The minimum absolute atomic E-state index is 0.139. The highest BCUT2D eigenvalue weighted by atomic mass is 19.1. The standard InChI is InChI=1S/C22H19FN2O2/c1-15-11-20(16(2)25(15)13-17-7-9-19(23)10-8-17)21(26)14-27-22-6-4-3-5-18(22)12-24/h3-11H,13-14H2,1-2H3. The Balaban J connectivity index is 1.76. The molecule has 3 aromatic rings. The van der Waals surface area contributed by atoms with E-state index in [-0.39, 0.29) is 18.2 Å². The summed E-state index contributed by atoms with van der Waals surface area (Å²) >= 11 is 0. The Hall–Kier alpha value is -3.39. The number of nitrogens with zero attached hydrogens (tertiary/aromatic N) is 2. The summed E-state index contributed by atoms with van der Waals surface area (Å²) in [5.74, 6) is -0.0277. The first kappa shape index (κ1) is 18.4. The molecule has 0 saturated heterocycles. The number of aromatic nitrogens is 1. The molecule has 0 saturated carbocycles. The van der Waals surface area contributed by atoms with Gasteiger partial charge in [-0.1, -0.05) is 24.3 Å². The topological polar surface area (TPSA) is 55.0 Å². The first-order chi connectivity index (χ1) is 13.0. The molecule has 0 aliphatic rings. The Labute approximate surface area is 157 Å². The zero-order valence-corrected chi connectivity index (χ0v) is 15.2. The number of nitriles is 1. The number of ketones is 1. The van der Waals surface area contributed by atoms with E-state index in [9.17, 15) is 9.18 Å². The lowest BCUT2D eigenvalue weighted by Gasteiger charge is -2.10. The second-order valence-electron chi connectivity index (χ2n) is 6.32. The van der Waals surface area contributed by atoms with Gasteiger partial charge in [0.25, 0.3) is 0 Å². The van der Waals surface area contributed by atoms with Crippen molar-refractivity contribution < 1.29 is 13.9 Å². The molecule has 0 aliphatic carbocycles. The maximum atomic E-state index is 13.1. The van der Waals surface area contributed by atoms with E-state index < -0.39 is 0 Å². The fourth-order valence-corrected chi connectivity index (χ4v) is 3.01. The third-order valence-corrected chi connectivity index (χ3v) is 4.49. The monoisotopic (exact) mass is 362 g/mol. The Morgan fingerprint density at radius 3 is 2.56 bits per heavy atom. The summed E-state index contributed by atoms with van der Waals surface area (Å²) in [6.45, 7) is 4.23. The minimum atomic E-state index is -0.273. The van der Waals surface area contributed by atoms with Gasteiger partial charge in [0.15, 0.2) is 6.61 Å². The Kier molecular flexibility index (Phi) is 5.37. The van der Waals surface area contributed by atoms with Gasteiger partial charge in [0.1, 0.15) is 17.6 Å². The number of carbonyl (C=O) groups is 1. The number of hydrogen-bond acceptors (Lipinski definition) is 3. The van der Waals surface area contributed by atoms with Crippen LogP contribution in [0.25, 0.3) is 0 Å². The van der Waals surface area contributed by atoms with Crippen molar-refractivity contribution in [2.24, 2.45) is 0 Å². The van der Waals surface area contributed by atoms with E-state index in [2.05, 4.69) is 0 Å². The number of rotatable bonds is 6. The highest BCUT2D eigenvalue weighted by Gasteiger charge is 2.17. The Morgan fingerprint density at radius 2 is 1.85 bits per heavy atom. The second-order valence-corrected chi connectivity index (χ2v) is 6.32. The van der Waals surface area contributed by atoms with E-state index in [1.807, 2.05) is 30.6 Å². The smallest absolute Gasteiger partial charge is 0.202 e. The van der Waals surface area contributed by atoms with Gasteiger partial charge >= 0.3 is 0 Å². The maximum Gasteiger partial charge on any atom is 0.202 e. The molecule has 0 atom stereocenters. The Morgan fingerprint density at radius 1 is 1.15 bits per heavy atom. The quantitative estimate of drug-likeness (QED) is 0.610. The van der Waals surface area contributed by atoms with Gasteiger partial charge < -0.3 is 9.30 Å². The summed E-state index contributed by atoms with van der Waals surface area (Å²) in [5, 5.41) is 9.10. The average Bonchev–Trinajstić information content (AvgIpc) is 2.96. The number of ether oxygens (including phenoxy) is 1. The van der Waals surface area contributed by atoms with Gasteiger partial charge in [-0.25, -0.2) is 4.39 Å². The number of carbonyl (C=O) groups excluding carboxylic acids is 1. The van der Waals surface area contributed by atoms with Crippen molar-refractivity contribution in [1.82, 2.24) is 4.57 Å². The molecule has 1 heterocycles. The fourth-order valence-electron chi connectivity index (χ4n) is 3.01. The van der Waals surface area contributed by atoms with Crippen LogP contribution in [0.15, 0.2) is 54.6 Å². The lowest BCUT2D eigenvalue weighted by Crippen LogP contribution is -2.13. The van der Waals surface area contributed by atoms with E-state index in [0.29, 0.717) is 23.4 Å². The molecule has 3 rings (SSSR count). The molecule has 1 aromatic heterocycles. The van der Waals surface area contributed by atoms with Crippen LogP contribution in [0.2, 0.25) is 0 Å². The number of aryl methyl sites for hydroxylation is 1. The molecule has 2 aromatic carbocycles. The van der Waals surface area contributed by atoms with Crippen molar-refractivity contribution >= 4 is 5.78 Å².